The van der Waals surface area contributed by atoms with Gasteiger partial charge in [0, 0.05) is 17.9 Å². The van der Waals surface area contributed by atoms with Crippen LogP contribution in [0, 0.1) is 0 Å². The normalized spacial score (nSPS) is 10.6. The third-order valence-corrected chi connectivity index (χ3v) is 2.68. The molecule has 0 spiro atoms. The van der Waals surface area contributed by atoms with E-state index in [9.17, 15) is 0 Å². The molecule has 0 unspecified atom stereocenters. The smallest absolute Gasteiger partial charge is 0.184 e. The number of hydrogen-bond acceptors (Lipinski definition) is 6. The molecular formula is C12H17N5O2. The highest BCUT2D eigenvalue weighted by Crippen LogP contribution is 2.27. The van der Waals surface area contributed by atoms with Gasteiger partial charge in [0.05, 0.1) is 20.3 Å². The van der Waals surface area contributed by atoms with E-state index in [1.807, 2.05) is 13.0 Å². The summed E-state index contributed by atoms with van der Waals surface area (Å²) in [5, 5.41) is 11.6. The number of aromatic nitrogens is 4. The first-order valence-electron chi connectivity index (χ1n) is 6.04. The highest BCUT2D eigenvalue weighted by Gasteiger charge is 2.12. The second kappa shape index (κ2) is 6.14. The van der Waals surface area contributed by atoms with Crippen molar-refractivity contribution in [3.63, 3.8) is 0 Å². The lowest BCUT2D eigenvalue weighted by Crippen LogP contribution is -2.09. The maximum atomic E-state index is 5.96. The van der Waals surface area contributed by atoms with Crippen molar-refractivity contribution in [3.05, 3.63) is 18.2 Å². The van der Waals surface area contributed by atoms with Crippen molar-refractivity contribution < 1.29 is 9.47 Å². The quantitative estimate of drug-likeness (QED) is 0.617. The zero-order valence-electron chi connectivity index (χ0n) is 11.0. The van der Waals surface area contributed by atoms with Crippen molar-refractivity contribution in [2.24, 2.45) is 0 Å². The number of hydrogen-bond donors (Lipinski definition) is 1. The summed E-state index contributed by atoms with van der Waals surface area (Å²) in [6, 6.07) is 5.39. The molecule has 7 nitrogen and oxygen atoms in total. The van der Waals surface area contributed by atoms with Crippen LogP contribution >= 0.6 is 0 Å². The minimum atomic E-state index is 0.554. The molecule has 19 heavy (non-hydrogen) atoms. The van der Waals surface area contributed by atoms with E-state index in [-0.39, 0.29) is 0 Å². The molecule has 0 radical (unpaired) electrons. The van der Waals surface area contributed by atoms with Gasteiger partial charge in [0.2, 0.25) is 0 Å². The van der Waals surface area contributed by atoms with E-state index in [0.29, 0.717) is 37.0 Å². The lowest BCUT2D eigenvalue weighted by Gasteiger charge is -2.08. The van der Waals surface area contributed by atoms with Crippen LogP contribution in [0.1, 0.15) is 6.92 Å². The Hall–Kier alpha value is -2.15. The van der Waals surface area contributed by atoms with Crippen molar-refractivity contribution in [3.8, 4) is 17.1 Å². The predicted molar refractivity (Wildman–Crippen MR) is 70.7 cm³/mol. The highest BCUT2D eigenvalue weighted by atomic mass is 16.5. The average molecular weight is 263 g/mol. The number of tetrazole rings is 1. The maximum Gasteiger partial charge on any atom is 0.184 e. The number of nitrogen functional groups attached to an aromatic ring is 1. The van der Waals surface area contributed by atoms with Gasteiger partial charge in [0.25, 0.3) is 0 Å². The lowest BCUT2D eigenvalue weighted by molar-refractivity contribution is 0.136. The summed E-state index contributed by atoms with van der Waals surface area (Å²) in [6.07, 6.45) is 0. The topological polar surface area (TPSA) is 88.1 Å². The molecule has 0 amide bonds. The number of nitrogens with zero attached hydrogens (tertiary/aromatic N) is 4. The zero-order valence-corrected chi connectivity index (χ0v) is 11.0. The van der Waals surface area contributed by atoms with Gasteiger partial charge >= 0.3 is 0 Å². The molecular weight excluding hydrogens is 246 g/mol. The molecule has 102 valence electrons. The maximum absolute atomic E-state index is 5.96. The molecule has 1 aromatic heterocycles. The SMILES string of the molecule is CCOCCn1nnnc1-c1cc(OC)ccc1N. The molecule has 7 heteroatoms. The third-order valence-electron chi connectivity index (χ3n) is 2.68. The first-order valence-corrected chi connectivity index (χ1v) is 6.04. The molecule has 0 aliphatic rings. The molecule has 2 N–H and O–H groups in total. The van der Waals surface area contributed by atoms with E-state index in [2.05, 4.69) is 15.5 Å². The van der Waals surface area contributed by atoms with E-state index < -0.39 is 0 Å². The second-order valence-corrected chi connectivity index (χ2v) is 3.88. The summed E-state index contributed by atoms with van der Waals surface area (Å²) in [5.41, 5.74) is 7.32. The van der Waals surface area contributed by atoms with Crippen molar-refractivity contribution in [1.29, 1.82) is 0 Å². The lowest BCUT2D eigenvalue weighted by atomic mass is 10.1. The molecule has 2 aromatic rings. The van der Waals surface area contributed by atoms with E-state index in [0.717, 1.165) is 5.56 Å². The van der Waals surface area contributed by atoms with Crippen molar-refractivity contribution in [2.75, 3.05) is 26.1 Å². The Labute approximate surface area is 111 Å². The number of benzene rings is 1. The molecule has 1 aromatic carbocycles. The highest BCUT2D eigenvalue weighted by molar-refractivity contribution is 5.72. The fourth-order valence-electron chi connectivity index (χ4n) is 1.70. The van der Waals surface area contributed by atoms with E-state index >= 15 is 0 Å². The minimum absolute atomic E-state index is 0.554. The summed E-state index contributed by atoms with van der Waals surface area (Å²) in [4.78, 5) is 0. The van der Waals surface area contributed by atoms with Gasteiger partial charge in [-0.15, -0.1) is 5.10 Å². The van der Waals surface area contributed by atoms with Gasteiger partial charge in [-0.05, 0) is 35.5 Å². The number of anilines is 1. The van der Waals surface area contributed by atoms with Crippen LogP contribution in [0.3, 0.4) is 0 Å². The fourth-order valence-corrected chi connectivity index (χ4v) is 1.70. The van der Waals surface area contributed by atoms with Crippen LogP contribution in [0.25, 0.3) is 11.4 Å². The molecule has 0 saturated carbocycles. The van der Waals surface area contributed by atoms with Gasteiger partial charge in [-0.25, -0.2) is 4.68 Å². The van der Waals surface area contributed by atoms with Crippen LogP contribution in [-0.2, 0) is 11.3 Å². The number of methoxy groups -OCH3 is 1. The number of ether oxygens (including phenoxy) is 2. The summed E-state index contributed by atoms with van der Waals surface area (Å²) in [5.74, 6) is 1.32. The van der Waals surface area contributed by atoms with Crippen molar-refractivity contribution >= 4 is 5.69 Å². The molecule has 0 aliphatic heterocycles. The van der Waals surface area contributed by atoms with Gasteiger partial charge in [0.15, 0.2) is 5.82 Å². The van der Waals surface area contributed by atoms with E-state index in [1.165, 1.54) is 0 Å². The van der Waals surface area contributed by atoms with E-state index in [1.54, 1.807) is 23.9 Å². The van der Waals surface area contributed by atoms with Crippen molar-refractivity contribution in [1.82, 2.24) is 20.2 Å². The van der Waals surface area contributed by atoms with Gasteiger partial charge in [-0.3, -0.25) is 0 Å². The molecule has 0 aliphatic carbocycles. The van der Waals surface area contributed by atoms with Crippen LogP contribution in [0.2, 0.25) is 0 Å². The Morgan fingerprint density at radius 1 is 1.37 bits per heavy atom. The van der Waals surface area contributed by atoms with Crippen LogP contribution < -0.4 is 10.5 Å². The van der Waals surface area contributed by atoms with Gasteiger partial charge < -0.3 is 15.2 Å². The molecule has 0 fully saturated rings. The Balaban J connectivity index is 2.28. The first kappa shape index (κ1) is 13.3. The summed E-state index contributed by atoms with van der Waals surface area (Å²) in [7, 11) is 1.60. The molecule has 0 bridgehead atoms. The van der Waals surface area contributed by atoms with Crippen LogP contribution in [0.15, 0.2) is 18.2 Å². The zero-order chi connectivity index (χ0) is 13.7. The largest absolute Gasteiger partial charge is 0.497 e. The Morgan fingerprint density at radius 2 is 2.21 bits per heavy atom. The standard InChI is InChI=1S/C12H17N5O2/c1-3-19-7-6-17-12(14-15-16-17)10-8-9(18-2)4-5-11(10)13/h4-5,8H,3,6-7,13H2,1-2H3. The molecule has 0 atom stereocenters. The minimum Gasteiger partial charge on any atom is -0.497 e. The average Bonchev–Trinajstić information content (AvgIpc) is 2.88. The third kappa shape index (κ3) is 3.00. The van der Waals surface area contributed by atoms with Crippen LogP contribution in [0.5, 0.6) is 5.75 Å². The second-order valence-electron chi connectivity index (χ2n) is 3.88. The summed E-state index contributed by atoms with van der Waals surface area (Å²) >= 11 is 0. The molecule has 0 saturated heterocycles. The van der Waals surface area contributed by atoms with Gasteiger partial charge in [-0.2, -0.15) is 0 Å². The fraction of sp³-hybridized carbons (Fsp3) is 0.417. The summed E-state index contributed by atoms with van der Waals surface area (Å²) < 4.78 is 12.2. The Bertz CT molecular complexity index is 541. The Morgan fingerprint density at radius 3 is 2.95 bits per heavy atom. The number of nitrogens with two attached hydrogens (primary N) is 1. The van der Waals surface area contributed by atoms with Gasteiger partial charge in [0.1, 0.15) is 5.75 Å². The van der Waals surface area contributed by atoms with Crippen molar-refractivity contribution in [2.45, 2.75) is 13.5 Å². The molecule has 2 rings (SSSR count). The van der Waals surface area contributed by atoms with Crippen LogP contribution in [0.4, 0.5) is 5.69 Å². The molecule has 1 heterocycles. The summed E-state index contributed by atoms with van der Waals surface area (Å²) in [6.45, 7) is 3.74. The monoisotopic (exact) mass is 263 g/mol. The van der Waals surface area contributed by atoms with Gasteiger partial charge in [-0.1, -0.05) is 0 Å². The predicted octanol–water partition coefficient (Wildman–Crippen LogP) is 0.967. The first-order chi connectivity index (χ1) is 9.26. The van der Waals surface area contributed by atoms with E-state index in [4.69, 9.17) is 15.2 Å². The number of rotatable bonds is 6. The van der Waals surface area contributed by atoms with Crippen LogP contribution in [-0.4, -0.2) is 40.5 Å². The Kier molecular flexibility index (Phi) is 4.30.